The van der Waals surface area contributed by atoms with Crippen LogP contribution in [0.25, 0.3) is 0 Å². The van der Waals surface area contributed by atoms with Gasteiger partial charge >= 0.3 is 0 Å². The first kappa shape index (κ1) is 14.6. The molecule has 0 nitrogen and oxygen atoms in total. The van der Waals surface area contributed by atoms with E-state index < -0.39 is 0 Å². The van der Waals surface area contributed by atoms with Gasteiger partial charge in [0.05, 0.1) is 0 Å². The Hall–Kier alpha value is -2.34. The van der Waals surface area contributed by atoms with E-state index in [-0.39, 0.29) is 0 Å². The zero-order chi connectivity index (χ0) is 15.0. The Morgan fingerprint density at radius 3 is 1.14 bits per heavy atom. The normalized spacial score (nSPS) is 10.5. The fourth-order valence-corrected chi connectivity index (χ4v) is 2.89. The molecule has 0 aromatic heterocycles. The molecule has 0 spiro atoms. The molecule has 0 heteroatoms. The van der Waals surface area contributed by atoms with Crippen molar-refractivity contribution in [2.45, 2.75) is 25.7 Å². The topological polar surface area (TPSA) is 0 Å². The highest BCUT2D eigenvalue weighted by atomic mass is 14.1. The summed E-state index contributed by atoms with van der Waals surface area (Å²) in [5, 5.41) is 0. The van der Waals surface area contributed by atoms with Gasteiger partial charge < -0.3 is 0 Å². The van der Waals surface area contributed by atoms with Crippen LogP contribution in [0.1, 0.15) is 22.3 Å². The van der Waals surface area contributed by atoms with Gasteiger partial charge in [0.1, 0.15) is 0 Å². The molecule has 0 radical (unpaired) electrons. The first-order chi connectivity index (χ1) is 10.9. The van der Waals surface area contributed by atoms with Crippen molar-refractivity contribution in [3.05, 3.63) is 107 Å². The Morgan fingerprint density at radius 2 is 0.727 bits per heavy atom. The minimum absolute atomic E-state index is 1.11. The van der Waals surface area contributed by atoms with E-state index >= 15 is 0 Å². The van der Waals surface area contributed by atoms with Gasteiger partial charge in [0.2, 0.25) is 0 Å². The molecule has 0 atom stereocenters. The van der Waals surface area contributed by atoms with Gasteiger partial charge in [-0.3, -0.25) is 0 Å². The van der Waals surface area contributed by atoms with Crippen LogP contribution in [0.4, 0.5) is 0 Å². The summed E-state index contributed by atoms with van der Waals surface area (Å²) in [6.45, 7) is 0. The molecule has 0 N–H and O–H groups in total. The maximum atomic E-state index is 2.28. The van der Waals surface area contributed by atoms with Crippen LogP contribution in [0.5, 0.6) is 0 Å². The van der Waals surface area contributed by atoms with E-state index in [0.29, 0.717) is 0 Å². The van der Waals surface area contributed by atoms with Crippen LogP contribution in [0.3, 0.4) is 0 Å². The molecule has 0 fully saturated rings. The minimum Gasteiger partial charge on any atom is -0.0622 e. The average molecular weight is 286 g/mol. The van der Waals surface area contributed by atoms with Gasteiger partial charge in [0, 0.05) is 0 Å². The first-order valence-electron chi connectivity index (χ1n) is 8.06. The standard InChI is InChI=1S/C22H22/c1-3-9-19(10-4-1)15-17-21-13-7-8-14-22(21)18-16-20-11-5-2-6-12-20/h1-14H,15-18H2. The van der Waals surface area contributed by atoms with E-state index in [0.717, 1.165) is 25.7 Å². The van der Waals surface area contributed by atoms with Gasteiger partial charge in [-0.25, -0.2) is 0 Å². The van der Waals surface area contributed by atoms with Crippen LogP contribution in [0, 0.1) is 0 Å². The Kier molecular flexibility index (Phi) is 5.04. The third kappa shape index (κ3) is 4.08. The fraction of sp³-hybridized carbons (Fsp3) is 0.182. The third-order valence-corrected chi connectivity index (χ3v) is 4.17. The second-order valence-corrected chi connectivity index (χ2v) is 5.74. The predicted molar refractivity (Wildman–Crippen MR) is 94.1 cm³/mol. The monoisotopic (exact) mass is 286 g/mol. The van der Waals surface area contributed by atoms with E-state index in [2.05, 4.69) is 84.9 Å². The van der Waals surface area contributed by atoms with Gasteiger partial charge in [-0.15, -0.1) is 0 Å². The van der Waals surface area contributed by atoms with Crippen LogP contribution in [-0.4, -0.2) is 0 Å². The van der Waals surface area contributed by atoms with Gasteiger partial charge in [-0.2, -0.15) is 0 Å². The molecule has 22 heavy (non-hydrogen) atoms. The van der Waals surface area contributed by atoms with E-state index in [1.807, 2.05) is 0 Å². The highest BCUT2D eigenvalue weighted by molar-refractivity contribution is 5.30. The zero-order valence-electron chi connectivity index (χ0n) is 12.9. The molecule has 0 aliphatic rings. The van der Waals surface area contributed by atoms with Crippen LogP contribution in [0.2, 0.25) is 0 Å². The molecule has 0 saturated carbocycles. The lowest BCUT2D eigenvalue weighted by atomic mass is 9.96. The smallest absolute Gasteiger partial charge is 0.0236 e. The van der Waals surface area contributed by atoms with Crippen LogP contribution < -0.4 is 0 Å². The lowest BCUT2D eigenvalue weighted by Crippen LogP contribution is -1.99. The number of benzene rings is 3. The molecular weight excluding hydrogens is 264 g/mol. The van der Waals surface area contributed by atoms with Crippen molar-refractivity contribution < 1.29 is 0 Å². The van der Waals surface area contributed by atoms with Crippen molar-refractivity contribution in [3.63, 3.8) is 0 Å². The molecule has 0 heterocycles. The zero-order valence-corrected chi connectivity index (χ0v) is 12.9. The Labute approximate surface area is 133 Å². The molecule has 3 rings (SSSR count). The molecule has 0 amide bonds. The molecule has 0 bridgehead atoms. The molecule has 0 aliphatic heterocycles. The van der Waals surface area contributed by atoms with Gasteiger partial charge in [-0.1, -0.05) is 84.9 Å². The SMILES string of the molecule is c1ccc(CCc2ccccc2CCc2ccccc2)cc1. The highest BCUT2D eigenvalue weighted by Crippen LogP contribution is 2.15. The number of aryl methyl sites for hydroxylation is 4. The first-order valence-corrected chi connectivity index (χ1v) is 8.06. The molecule has 3 aromatic rings. The van der Waals surface area contributed by atoms with Gasteiger partial charge in [0.25, 0.3) is 0 Å². The quantitative estimate of drug-likeness (QED) is 0.580. The molecular formula is C22H22. The van der Waals surface area contributed by atoms with Crippen LogP contribution in [-0.2, 0) is 25.7 Å². The molecule has 110 valence electrons. The molecule has 0 saturated heterocycles. The lowest BCUT2D eigenvalue weighted by Gasteiger charge is -2.10. The number of hydrogen-bond donors (Lipinski definition) is 0. The Bertz CT molecular complexity index is 621. The van der Waals surface area contributed by atoms with Crippen molar-refractivity contribution in [1.29, 1.82) is 0 Å². The molecule has 0 unspecified atom stereocenters. The van der Waals surface area contributed by atoms with E-state index in [4.69, 9.17) is 0 Å². The number of rotatable bonds is 6. The van der Waals surface area contributed by atoms with E-state index in [1.165, 1.54) is 22.3 Å². The second-order valence-electron chi connectivity index (χ2n) is 5.74. The van der Waals surface area contributed by atoms with Crippen molar-refractivity contribution in [2.24, 2.45) is 0 Å². The van der Waals surface area contributed by atoms with Crippen LogP contribution in [0.15, 0.2) is 84.9 Å². The maximum absolute atomic E-state index is 2.28. The van der Waals surface area contributed by atoms with Crippen LogP contribution >= 0.6 is 0 Å². The van der Waals surface area contributed by atoms with E-state index in [1.54, 1.807) is 0 Å². The average Bonchev–Trinajstić information content (AvgIpc) is 2.61. The van der Waals surface area contributed by atoms with E-state index in [9.17, 15) is 0 Å². The third-order valence-electron chi connectivity index (χ3n) is 4.17. The summed E-state index contributed by atoms with van der Waals surface area (Å²) in [4.78, 5) is 0. The maximum Gasteiger partial charge on any atom is -0.0236 e. The Balaban J connectivity index is 1.65. The summed E-state index contributed by atoms with van der Waals surface area (Å²) in [7, 11) is 0. The molecule has 3 aromatic carbocycles. The minimum atomic E-state index is 1.11. The van der Waals surface area contributed by atoms with Crippen molar-refractivity contribution in [1.82, 2.24) is 0 Å². The summed E-state index contributed by atoms with van der Waals surface area (Å²) in [5.74, 6) is 0. The number of hydrogen-bond acceptors (Lipinski definition) is 0. The summed E-state index contributed by atoms with van der Waals surface area (Å²) in [5.41, 5.74) is 5.81. The van der Waals surface area contributed by atoms with Crippen molar-refractivity contribution in [3.8, 4) is 0 Å². The summed E-state index contributed by atoms with van der Waals surface area (Å²) < 4.78 is 0. The van der Waals surface area contributed by atoms with Gasteiger partial charge in [-0.05, 0) is 47.9 Å². The highest BCUT2D eigenvalue weighted by Gasteiger charge is 2.03. The summed E-state index contributed by atoms with van der Waals surface area (Å²) >= 11 is 0. The largest absolute Gasteiger partial charge is 0.0622 e. The summed E-state index contributed by atoms with van der Waals surface area (Å²) in [6, 6.07) is 30.4. The molecule has 0 aliphatic carbocycles. The van der Waals surface area contributed by atoms with Crippen molar-refractivity contribution >= 4 is 0 Å². The Morgan fingerprint density at radius 1 is 0.364 bits per heavy atom. The van der Waals surface area contributed by atoms with Crippen molar-refractivity contribution in [2.75, 3.05) is 0 Å². The summed E-state index contributed by atoms with van der Waals surface area (Å²) in [6.07, 6.45) is 4.47. The second kappa shape index (κ2) is 7.61. The fourth-order valence-electron chi connectivity index (χ4n) is 2.89. The van der Waals surface area contributed by atoms with Gasteiger partial charge in [0.15, 0.2) is 0 Å². The predicted octanol–water partition coefficient (Wildman–Crippen LogP) is 5.26. The lowest BCUT2D eigenvalue weighted by molar-refractivity contribution is 0.894.